The van der Waals surface area contributed by atoms with Gasteiger partial charge in [-0.15, -0.1) is 6.58 Å². The summed E-state index contributed by atoms with van der Waals surface area (Å²) in [6.45, 7) is 9.85. The monoisotopic (exact) mass is 573 g/mol. The van der Waals surface area contributed by atoms with E-state index in [0.29, 0.717) is 17.7 Å². The Morgan fingerprint density at radius 2 is 1.89 bits per heavy atom. The van der Waals surface area contributed by atoms with Crippen LogP contribution < -0.4 is 27.4 Å². The maximum Gasteiger partial charge on any atom is 0.312 e. The largest absolute Gasteiger partial charge is 0.353 e. The number of nitrogens with two attached hydrogens (primary N) is 2. The summed E-state index contributed by atoms with van der Waals surface area (Å²) in [4.78, 5) is 38.1. The van der Waals surface area contributed by atoms with Crippen LogP contribution in [0.4, 0.5) is 19.3 Å². The lowest BCUT2D eigenvalue weighted by atomic mass is 9.59. The first-order chi connectivity index (χ1) is 17.7. The predicted molar refractivity (Wildman–Crippen MR) is 146 cm³/mol. The van der Waals surface area contributed by atoms with Crippen LogP contribution in [0.2, 0.25) is 5.02 Å². The zero-order chi connectivity index (χ0) is 28.8. The molecule has 0 aliphatic carbocycles. The van der Waals surface area contributed by atoms with Gasteiger partial charge in [-0.2, -0.15) is 0 Å². The molecular formula is C26H35Cl2F2N5O3. The molecular weight excluding hydrogens is 539 g/mol. The van der Waals surface area contributed by atoms with Crippen molar-refractivity contribution in [2.24, 2.45) is 28.7 Å². The molecule has 1 heterocycles. The molecule has 0 spiro atoms. The quantitative estimate of drug-likeness (QED) is 0.186. The van der Waals surface area contributed by atoms with Gasteiger partial charge in [0, 0.05) is 29.7 Å². The first-order valence-electron chi connectivity index (χ1n) is 12.1. The second kappa shape index (κ2) is 12.9. The van der Waals surface area contributed by atoms with E-state index in [-0.39, 0.29) is 47.7 Å². The molecule has 0 saturated carbocycles. The van der Waals surface area contributed by atoms with Crippen LogP contribution in [0.15, 0.2) is 36.1 Å². The lowest BCUT2D eigenvalue weighted by Gasteiger charge is -2.43. The Hall–Kier alpha value is -2.69. The van der Waals surface area contributed by atoms with Crippen molar-refractivity contribution in [1.82, 2.24) is 10.6 Å². The van der Waals surface area contributed by atoms with Gasteiger partial charge in [0.25, 0.3) is 0 Å². The van der Waals surface area contributed by atoms with Crippen LogP contribution in [0.25, 0.3) is 0 Å². The number of carbonyl (C=O) groups excluding carboxylic acids is 3. The molecule has 4 atom stereocenters. The SMILES string of the molecule is C=CC(CC(Cl)=CF)[C@@H]([C@@H](N)C(=O)NCCNC(N)=O)[C@]1(CCC(C)(C)C)C(=O)Nc2cc(Cl)c(F)cc21. The molecule has 0 aromatic heterocycles. The Morgan fingerprint density at radius 3 is 2.45 bits per heavy atom. The number of primary amides is 1. The average Bonchev–Trinajstić information content (AvgIpc) is 3.09. The Kier molecular flexibility index (Phi) is 10.7. The van der Waals surface area contributed by atoms with Crippen molar-refractivity contribution < 1.29 is 23.2 Å². The molecule has 38 heavy (non-hydrogen) atoms. The first-order valence-corrected chi connectivity index (χ1v) is 12.9. The third-order valence-electron chi connectivity index (χ3n) is 6.76. The second-order valence-corrected chi connectivity index (χ2v) is 11.5. The number of carbonyl (C=O) groups is 3. The van der Waals surface area contributed by atoms with Gasteiger partial charge in [0.2, 0.25) is 11.8 Å². The van der Waals surface area contributed by atoms with E-state index in [1.807, 2.05) is 20.8 Å². The number of allylic oxidation sites excluding steroid dienone is 2. The second-order valence-electron chi connectivity index (χ2n) is 10.6. The summed E-state index contributed by atoms with van der Waals surface area (Å²) in [5.74, 6) is -3.67. The molecule has 0 fully saturated rings. The van der Waals surface area contributed by atoms with Crippen molar-refractivity contribution in [3.63, 3.8) is 0 Å². The normalized spacial score (nSPS) is 19.7. The maximum atomic E-state index is 14.8. The van der Waals surface area contributed by atoms with Gasteiger partial charge in [-0.1, -0.05) is 50.0 Å². The minimum absolute atomic E-state index is 0.00803. The molecule has 12 heteroatoms. The molecule has 1 unspecified atom stereocenters. The van der Waals surface area contributed by atoms with Crippen molar-refractivity contribution in [3.8, 4) is 0 Å². The van der Waals surface area contributed by atoms with E-state index >= 15 is 0 Å². The number of hydrogen-bond donors (Lipinski definition) is 5. The summed E-state index contributed by atoms with van der Waals surface area (Å²) in [5, 5.41) is 7.41. The van der Waals surface area contributed by atoms with Crippen LogP contribution in [-0.4, -0.2) is 37.0 Å². The lowest BCUT2D eigenvalue weighted by Crippen LogP contribution is -2.58. The summed E-state index contributed by atoms with van der Waals surface area (Å²) in [6.07, 6.45) is 2.27. The number of anilines is 1. The molecule has 210 valence electrons. The van der Waals surface area contributed by atoms with E-state index < -0.39 is 47.0 Å². The first kappa shape index (κ1) is 31.5. The fourth-order valence-corrected chi connectivity index (χ4v) is 5.25. The highest BCUT2D eigenvalue weighted by Crippen LogP contribution is 2.53. The van der Waals surface area contributed by atoms with Crippen LogP contribution in [0.5, 0.6) is 0 Å². The molecule has 1 aromatic rings. The third kappa shape index (κ3) is 7.24. The topological polar surface area (TPSA) is 139 Å². The van der Waals surface area contributed by atoms with Gasteiger partial charge in [-0.25, -0.2) is 13.6 Å². The Bertz CT molecular complexity index is 1110. The van der Waals surface area contributed by atoms with Crippen molar-refractivity contribution >= 4 is 46.7 Å². The summed E-state index contributed by atoms with van der Waals surface area (Å²) in [5.41, 5.74) is 10.4. The number of halogens is 4. The van der Waals surface area contributed by atoms with Crippen molar-refractivity contribution in [3.05, 3.63) is 52.6 Å². The van der Waals surface area contributed by atoms with Crippen LogP contribution in [0.3, 0.4) is 0 Å². The summed E-state index contributed by atoms with van der Waals surface area (Å²) in [7, 11) is 0. The van der Waals surface area contributed by atoms with Crippen molar-refractivity contribution in [2.75, 3.05) is 18.4 Å². The van der Waals surface area contributed by atoms with Gasteiger partial charge in [-0.05, 0) is 48.3 Å². The third-order valence-corrected chi connectivity index (χ3v) is 7.29. The smallest absolute Gasteiger partial charge is 0.312 e. The molecule has 7 N–H and O–H groups in total. The minimum Gasteiger partial charge on any atom is -0.353 e. The standard InChI is InChI=1S/C26H35Cl2F2N5O3/c1-5-14(10-15(27)13-29)20(21(31)22(36)33-8-9-34-24(32)38)26(7-6-25(2,3)4)16-11-18(30)17(28)12-19(16)35-23(26)37/h5,11-14,20-21H,1,6-10,31H2,2-4H3,(H,33,36)(H,35,37)(H3,32,34,38)/t14?,20-,21+,26+/m0/s1. The number of benzene rings is 1. The average molecular weight is 575 g/mol. The molecule has 8 nitrogen and oxygen atoms in total. The number of urea groups is 1. The van der Waals surface area contributed by atoms with E-state index in [2.05, 4.69) is 22.5 Å². The Balaban J connectivity index is 2.71. The van der Waals surface area contributed by atoms with E-state index in [4.69, 9.17) is 34.7 Å². The van der Waals surface area contributed by atoms with Crippen molar-refractivity contribution in [1.29, 1.82) is 0 Å². The highest BCUT2D eigenvalue weighted by atomic mass is 35.5. The number of hydrogen-bond acceptors (Lipinski definition) is 4. The predicted octanol–water partition coefficient (Wildman–Crippen LogP) is 4.47. The number of nitrogens with one attached hydrogen (secondary N) is 3. The molecule has 1 aliphatic rings. The van der Waals surface area contributed by atoms with Crippen LogP contribution in [-0.2, 0) is 15.0 Å². The Morgan fingerprint density at radius 1 is 1.26 bits per heavy atom. The van der Waals surface area contributed by atoms with Gasteiger partial charge in [0.1, 0.15) is 12.1 Å². The van der Waals surface area contributed by atoms with E-state index in [9.17, 15) is 23.2 Å². The fraction of sp³-hybridized carbons (Fsp3) is 0.500. The lowest BCUT2D eigenvalue weighted by molar-refractivity contribution is -0.129. The van der Waals surface area contributed by atoms with Crippen LogP contribution >= 0.6 is 23.2 Å². The fourth-order valence-electron chi connectivity index (χ4n) is 4.91. The number of rotatable bonds is 12. The summed E-state index contributed by atoms with van der Waals surface area (Å²) in [6, 6.07) is 0.394. The molecule has 0 radical (unpaired) electrons. The molecule has 2 rings (SSSR count). The molecule has 1 aromatic carbocycles. The van der Waals surface area contributed by atoms with Gasteiger partial charge in [-0.3, -0.25) is 9.59 Å². The highest BCUT2D eigenvalue weighted by Gasteiger charge is 2.57. The summed E-state index contributed by atoms with van der Waals surface area (Å²) < 4.78 is 28.2. The molecule has 0 bridgehead atoms. The number of fused-ring (bicyclic) bond motifs is 1. The number of amides is 4. The molecule has 4 amide bonds. The highest BCUT2D eigenvalue weighted by molar-refractivity contribution is 6.31. The minimum atomic E-state index is -1.51. The van der Waals surface area contributed by atoms with Crippen LogP contribution in [0, 0.1) is 23.1 Å². The van der Waals surface area contributed by atoms with Gasteiger partial charge < -0.3 is 27.4 Å². The molecule has 0 saturated heterocycles. The van der Waals surface area contributed by atoms with E-state index in [0.717, 1.165) is 0 Å². The van der Waals surface area contributed by atoms with Gasteiger partial charge in [0.05, 0.1) is 16.5 Å². The zero-order valence-corrected chi connectivity index (χ0v) is 23.2. The summed E-state index contributed by atoms with van der Waals surface area (Å²) >= 11 is 12.1. The van der Waals surface area contributed by atoms with E-state index in [1.54, 1.807) is 0 Å². The Labute approximate surface area is 231 Å². The van der Waals surface area contributed by atoms with Crippen LogP contribution in [0.1, 0.15) is 45.6 Å². The van der Waals surface area contributed by atoms with Crippen molar-refractivity contribution in [2.45, 2.75) is 51.5 Å². The maximum absolute atomic E-state index is 14.8. The molecule has 1 aliphatic heterocycles. The van der Waals surface area contributed by atoms with Gasteiger partial charge in [0.15, 0.2) is 0 Å². The zero-order valence-electron chi connectivity index (χ0n) is 21.7. The van der Waals surface area contributed by atoms with Gasteiger partial charge >= 0.3 is 6.03 Å². The van der Waals surface area contributed by atoms with E-state index in [1.165, 1.54) is 18.2 Å².